The lowest BCUT2D eigenvalue weighted by Gasteiger charge is -2.30. The van der Waals surface area contributed by atoms with Crippen LogP contribution < -0.4 is 4.90 Å². The van der Waals surface area contributed by atoms with Crippen LogP contribution in [0.2, 0.25) is 0 Å². The second-order valence-electron chi connectivity index (χ2n) is 9.48. The number of carbonyl (C=O) groups is 1. The van der Waals surface area contributed by atoms with Gasteiger partial charge in [0.05, 0.1) is 10.9 Å². The summed E-state index contributed by atoms with van der Waals surface area (Å²) in [4.78, 5) is 19.0. The van der Waals surface area contributed by atoms with E-state index in [0.29, 0.717) is 17.3 Å². The third-order valence-corrected chi connectivity index (χ3v) is 7.26. The van der Waals surface area contributed by atoms with E-state index in [1.165, 1.54) is 4.90 Å². The molecular formula is C24H33N3O4S. The molecule has 2 heterocycles. The van der Waals surface area contributed by atoms with Crippen molar-refractivity contribution in [2.75, 3.05) is 11.4 Å². The highest BCUT2D eigenvalue weighted by Crippen LogP contribution is 2.36. The van der Waals surface area contributed by atoms with Crippen molar-refractivity contribution < 1.29 is 17.9 Å². The topological polar surface area (TPSA) is 79.8 Å². The summed E-state index contributed by atoms with van der Waals surface area (Å²) < 4.78 is 33.6. The van der Waals surface area contributed by atoms with E-state index < -0.39 is 21.7 Å². The minimum atomic E-state index is -3.61. The Kier molecular flexibility index (Phi) is 6.95. The minimum Gasteiger partial charge on any atom is -0.443 e. The number of nitrogens with zero attached hydrogens (tertiary/aromatic N) is 3. The number of anilines is 1. The molecule has 1 aliphatic heterocycles. The van der Waals surface area contributed by atoms with Gasteiger partial charge in [-0.3, -0.25) is 4.90 Å². The molecule has 1 fully saturated rings. The number of ether oxygens (including phenoxy) is 1. The number of benzene rings is 1. The molecular weight excluding hydrogens is 426 g/mol. The molecule has 0 unspecified atom stereocenters. The van der Waals surface area contributed by atoms with Crippen molar-refractivity contribution in [2.45, 2.75) is 77.0 Å². The molecule has 2 aromatic rings. The molecule has 0 radical (unpaired) electrons. The largest absolute Gasteiger partial charge is 0.443 e. The van der Waals surface area contributed by atoms with Gasteiger partial charge in [0.1, 0.15) is 11.4 Å². The predicted molar refractivity (Wildman–Crippen MR) is 125 cm³/mol. The lowest BCUT2D eigenvalue weighted by molar-refractivity contribution is 0.0569. The van der Waals surface area contributed by atoms with E-state index in [0.717, 1.165) is 24.0 Å². The van der Waals surface area contributed by atoms with Gasteiger partial charge in [0, 0.05) is 18.8 Å². The average molecular weight is 460 g/mol. The zero-order chi connectivity index (χ0) is 23.7. The van der Waals surface area contributed by atoms with E-state index in [2.05, 4.69) is 4.98 Å². The SMILES string of the molecule is Cc1ccc(S(=O)(=O)N2CCC[C@@H]2c2ccc(N(C(=O)OC(C)(C)C)C(C)C)nc2)cc1. The van der Waals surface area contributed by atoms with E-state index in [4.69, 9.17) is 4.74 Å². The summed E-state index contributed by atoms with van der Waals surface area (Å²) in [6.07, 6.45) is 2.72. The summed E-state index contributed by atoms with van der Waals surface area (Å²) in [5.41, 5.74) is 1.22. The van der Waals surface area contributed by atoms with Crippen molar-refractivity contribution >= 4 is 21.9 Å². The van der Waals surface area contributed by atoms with Crippen LogP contribution in [0.5, 0.6) is 0 Å². The number of carbonyl (C=O) groups excluding carboxylic acids is 1. The highest BCUT2D eigenvalue weighted by Gasteiger charge is 2.36. The Balaban J connectivity index is 1.85. The maximum Gasteiger partial charge on any atom is 0.416 e. The van der Waals surface area contributed by atoms with Crippen LogP contribution in [-0.4, -0.2) is 42.0 Å². The third-order valence-electron chi connectivity index (χ3n) is 5.34. The Morgan fingerprint density at radius 2 is 1.81 bits per heavy atom. The van der Waals surface area contributed by atoms with Crippen molar-refractivity contribution in [1.82, 2.24) is 9.29 Å². The fourth-order valence-corrected chi connectivity index (χ4v) is 5.51. The molecule has 32 heavy (non-hydrogen) atoms. The van der Waals surface area contributed by atoms with Crippen LogP contribution >= 0.6 is 0 Å². The van der Waals surface area contributed by atoms with Gasteiger partial charge >= 0.3 is 6.09 Å². The van der Waals surface area contributed by atoms with E-state index in [-0.39, 0.29) is 12.1 Å². The van der Waals surface area contributed by atoms with Crippen LogP contribution in [0, 0.1) is 6.92 Å². The number of aromatic nitrogens is 1. The maximum absolute atomic E-state index is 13.3. The van der Waals surface area contributed by atoms with Gasteiger partial charge in [-0.15, -0.1) is 0 Å². The third kappa shape index (κ3) is 5.30. The van der Waals surface area contributed by atoms with E-state index in [9.17, 15) is 13.2 Å². The fraction of sp³-hybridized carbons (Fsp3) is 0.500. The number of hydrogen-bond acceptors (Lipinski definition) is 5. The first-order valence-electron chi connectivity index (χ1n) is 11.0. The van der Waals surface area contributed by atoms with Crippen LogP contribution in [0.25, 0.3) is 0 Å². The number of hydrogen-bond donors (Lipinski definition) is 0. The Morgan fingerprint density at radius 3 is 2.34 bits per heavy atom. The molecule has 8 heteroatoms. The van der Waals surface area contributed by atoms with Crippen molar-refractivity contribution in [3.05, 3.63) is 53.7 Å². The Bertz CT molecular complexity index is 1040. The Labute approximate surface area is 191 Å². The molecule has 7 nitrogen and oxygen atoms in total. The van der Waals surface area contributed by atoms with Crippen molar-refractivity contribution in [1.29, 1.82) is 0 Å². The number of pyridine rings is 1. The van der Waals surface area contributed by atoms with Crippen LogP contribution in [0.1, 0.15) is 64.6 Å². The molecule has 0 N–H and O–H groups in total. The average Bonchev–Trinajstić information content (AvgIpc) is 3.18. The number of aryl methyl sites for hydroxylation is 1. The maximum atomic E-state index is 13.3. The van der Waals surface area contributed by atoms with E-state index in [1.807, 2.05) is 59.7 Å². The molecule has 0 saturated carbocycles. The molecule has 0 aliphatic carbocycles. The standard InChI is InChI=1S/C24H33N3O4S/c1-17(2)27(23(28)31-24(4,5)6)22-14-11-19(16-25-22)21-8-7-15-26(21)32(29,30)20-12-9-18(3)10-13-20/h9-14,16-17,21H,7-8,15H2,1-6H3/t21-/m1/s1. The zero-order valence-corrected chi connectivity index (χ0v) is 20.5. The Morgan fingerprint density at radius 1 is 1.16 bits per heavy atom. The van der Waals surface area contributed by atoms with Gasteiger partial charge in [-0.1, -0.05) is 23.8 Å². The fourth-order valence-electron chi connectivity index (χ4n) is 3.82. The van der Waals surface area contributed by atoms with Gasteiger partial charge < -0.3 is 4.74 Å². The number of rotatable bonds is 5. The number of amides is 1. The molecule has 0 spiro atoms. The first-order chi connectivity index (χ1) is 14.9. The first kappa shape index (κ1) is 24.2. The first-order valence-corrected chi connectivity index (χ1v) is 12.4. The van der Waals surface area contributed by atoms with Gasteiger partial charge in [-0.05, 0) is 78.1 Å². The second kappa shape index (κ2) is 9.19. The summed E-state index contributed by atoms with van der Waals surface area (Å²) in [5, 5.41) is 0. The van der Waals surface area contributed by atoms with Crippen molar-refractivity contribution in [3.63, 3.8) is 0 Å². The van der Waals surface area contributed by atoms with E-state index >= 15 is 0 Å². The van der Waals surface area contributed by atoms with Crippen LogP contribution in [-0.2, 0) is 14.8 Å². The van der Waals surface area contributed by atoms with Crippen LogP contribution in [0.4, 0.5) is 10.6 Å². The zero-order valence-electron chi connectivity index (χ0n) is 19.7. The van der Waals surface area contributed by atoms with Gasteiger partial charge in [-0.25, -0.2) is 18.2 Å². The van der Waals surface area contributed by atoms with Gasteiger partial charge in [0.15, 0.2) is 0 Å². The normalized spacial score (nSPS) is 17.5. The van der Waals surface area contributed by atoms with Gasteiger partial charge in [0.2, 0.25) is 10.0 Å². The van der Waals surface area contributed by atoms with Crippen LogP contribution in [0.15, 0.2) is 47.5 Å². The predicted octanol–water partition coefficient (Wildman–Crippen LogP) is 5.07. The molecule has 1 aromatic carbocycles. The second-order valence-corrected chi connectivity index (χ2v) is 11.4. The number of sulfonamides is 1. The van der Waals surface area contributed by atoms with Crippen molar-refractivity contribution in [3.8, 4) is 0 Å². The molecule has 0 bridgehead atoms. The molecule has 3 rings (SSSR count). The summed E-state index contributed by atoms with van der Waals surface area (Å²) >= 11 is 0. The molecule has 174 valence electrons. The smallest absolute Gasteiger partial charge is 0.416 e. The molecule has 1 aliphatic rings. The van der Waals surface area contributed by atoms with Crippen LogP contribution in [0.3, 0.4) is 0 Å². The molecule has 1 aromatic heterocycles. The monoisotopic (exact) mass is 459 g/mol. The van der Waals surface area contributed by atoms with Gasteiger partial charge in [-0.2, -0.15) is 4.31 Å². The quantitative estimate of drug-likeness (QED) is 0.624. The molecule has 1 amide bonds. The molecule has 1 saturated heterocycles. The molecule has 1 atom stereocenters. The lowest BCUT2D eigenvalue weighted by atomic mass is 10.1. The summed E-state index contributed by atoms with van der Waals surface area (Å²) in [5.74, 6) is 0.476. The van der Waals surface area contributed by atoms with E-state index in [1.54, 1.807) is 28.7 Å². The van der Waals surface area contributed by atoms with Crippen molar-refractivity contribution in [2.24, 2.45) is 0 Å². The highest BCUT2D eigenvalue weighted by atomic mass is 32.2. The summed E-state index contributed by atoms with van der Waals surface area (Å²) in [6, 6.07) is 10.1. The minimum absolute atomic E-state index is 0.145. The summed E-state index contributed by atoms with van der Waals surface area (Å²) in [6.45, 7) is 11.7. The highest BCUT2D eigenvalue weighted by molar-refractivity contribution is 7.89. The summed E-state index contributed by atoms with van der Waals surface area (Å²) in [7, 11) is -3.61. The van der Waals surface area contributed by atoms with Gasteiger partial charge in [0.25, 0.3) is 0 Å². The lowest BCUT2D eigenvalue weighted by Crippen LogP contribution is -2.41. The Hall–Kier alpha value is -2.45.